The highest BCUT2D eigenvalue weighted by atomic mass is 15.4. The van der Waals surface area contributed by atoms with Crippen molar-refractivity contribution in [3.63, 3.8) is 0 Å². The van der Waals surface area contributed by atoms with Gasteiger partial charge in [-0.1, -0.05) is 34.6 Å². The van der Waals surface area contributed by atoms with Crippen molar-refractivity contribution >= 4 is 0 Å². The van der Waals surface area contributed by atoms with Crippen LogP contribution in [0.1, 0.15) is 47.5 Å². The highest BCUT2D eigenvalue weighted by Crippen LogP contribution is 2.25. The lowest BCUT2D eigenvalue weighted by molar-refractivity contribution is 0.152. The molecular weight excluding hydrogens is 184 g/mol. The molecule has 2 nitrogen and oxygen atoms in total. The molecule has 2 heteroatoms. The highest BCUT2D eigenvalue weighted by molar-refractivity contribution is 4.86. The van der Waals surface area contributed by atoms with Gasteiger partial charge in [0.25, 0.3) is 0 Å². The summed E-state index contributed by atoms with van der Waals surface area (Å²) in [4.78, 5) is 5.07. The standard InChI is InChI=1S/C9H18N2.2C2H6/c1-8-3-4-9-6-10(2)7-11(9)5-8;2*1-2/h8-9H,3-7H2,1-2H3;2*1-2H3. The van der Waals surface area contributed by atoms with Crippen molar-refractivity contribution in [1.29, 1.82) is 0 Å². The van der Waals surface area contributed by atoms with E-state index >= 15 is 0 Å². The van der Waals surface area contributed by atoms with Crippen LogP contribution in [-0.2, 0) is 0 Å². The van der Waals surface area contributed by atoms with Gasteiger partial charge in [0.2, 0.25) is 0 Å². The quantitative estimate of drug-likeness (QED) is 0.611. The van der Waals surface area contributed by atoms with Crippen LogP contribution in [0.15, 0.2) is 0 Å². The zero-order chi connectivity index (χ0) is 11.8. The number of hydrogen-bond acceptors (Lipinski definition) is 2. The van der Waals surface area contributed by atoms with Gasteiger partial charge in [-0.15, -0.1) is 0 Å². The largest absolute Gasteiger partial charge is 0.292 e. The van der Waals surface area contributed by atoms with E-state index in [1.807, 2.05) is 27.7 Å². The van der Waals surface area contributed by atoms with Crippen LogP contribution in [-0.4, -0.2) is 42.6 Å². The molecule has 0 aromatic heterocycles. The number of fused-ring (bicyclic) bond motifs is 1. The molecule has 0 aliphatic carbocycles. The first-order valence-electron chi connectivity index (χ1n) is 6.68. The van der Waals surface area contributed by atoms with Crippen LogP contribution in [0, 0.1) is 5.92 Å². The van der Waals surface area contributed by atoms with Gasteiger partial charge < -0.3 is 0 Å². The normalized spacial score (nSPS) is 30.8. The van der Waals surface area contributed by atoms with Crippen molar-refractivity contribution in [3.8, 4) is 0 Å². The minimum Gasteiger partial charge on any atom is -0.292 e. The second-order valence-corrected chi connectivity index (χ2v) is 4.29. The van der Waals surface area contributed by atoms with Crippen LogP contribution in [0.5, 0.6) is 0 Å². The Kier molecular flexibility index (Phi) is 8.07. The van der Waals surface area contributed by atoms with Crippen LogP contribution in [0.25, 0.3) is 0 Å². The average Bonchev–Trinajstić information content (AvgIpc) is 2.63. The molecule has 92 valence electrons. The Morgan fingerprint density at radius 2 is 1.53 bits per heavy atom. The van der Waals surface area contributed by atoms with Crippen LogP contribution >= 0.6 is 0 Å². The van der Waals surface area contributed by atoms with Gasteiger partial charge in [0, 0.05) is 19.1 Å². The van der Waals surface area contributed by atoms with Gasteiger partial charge in [0.1, 0.15) is 0 Å². The van der Waals surface area contributed by atoms with E-state index in [0.717, 1.165) is 12.0 Å². The smallest absolute Gasteiger partial charge is 0.0507 e. The maximum Gasteiger partial charge on any atom is 0.0507 e. The Bertz CT molecular complexity index is 147. The molecule has 0 aromatic rings. The van der Waals surface area contributed by atoms with Crippen LogP contribution < -0.4 is 0 Å². The van der Waals surface area contributed by atoms with E-state index in [-0.39, 0.29) is 0 Å². The molecule has 2 fully saturated rings. The maximum absolute atomic E-state index is 2.63. The van der Waals surface area contributed by atoms with Crippen molar-refractivity contribution < 1.29 is 0 Å². The number of rotatable bonds is 0. The molecule has 0 saturated carbocycles. The zero-order valence-electron chi connectivity index (χ0n) is 11.6. The summed E-state index contributed by atoms with van der Waals surface area (Å²) in [6.07, 6.45) is 2.86. The van der Waals surface area contributed by atoms with Gasteiger partial charge >= 0.3 is 0 Å². The van der Waals surface area contributed by atoms with Crippen LogP contribution in [0.4, 0.5) is 0 Å². The van der Waals surface area contributed by atoms with E-state index in [1.165, 1.54) is 32.6 Å². The van der Waals surface area contributed by atoms with Crippen molar-refractivity contribution in [2.75, 3.05) is 26.8 Å². The summed E-state index contributed by atoms with van der Waals surface area (Å²) in [7, 11) is 2.23. The minimum absolute atomic E-state index is 0.885. The maximum atomic E-state index is 2.63. The molecule has 0 bridgehead atoms. The van der Waals surface area contributed by atoms with E-state index in [0.29, 0.717) is 0 Å². The third-order valence-corrected chi connectivity index (χ3v) is 3.00. The number of piperidine rings is 1. The van der Waals surface area contributed by atoms with E-state index in [9.17, 15) is 0 Å². The Labute approximate surface area is 96.6 Å². The van der Waals surface area contributed by atoms with E-state index in [2.05, 4.69) is 23.8 Å². The van der Waals surface area contributed by atoms with Gasteiger partial charge in [0.05, 0.1) is 6.67 Å². The highest BCUT2D eigenvalue weighted by Gasteiger charge is 2.32. The Balaban J connectivity index is 0.000000442. The van der Waals surface area contributed by atoms with Gasteiger partial charge in [-0.2, -0.15) is 0 Å². The molecule has 2 saturated heterocycles. The summed E-state index contributed by atoms with van der Waals surface area (Å²) in [5, 5.41) is 0. The fraction of sp³-hybridized carbons (Fsp3) is 1.00. The zero-order valence-corrected chi connectivity index (χ0v) is 11.6. The van der Waals surface area contributed by atoms with Gasteiger partial charge in [0.15, 0.2) is 0 Å². The van der Waals surface area contributed by atoms with E-state index in [4.69, 9.17) is 0 Å². The summed E-state index contributed by atoms with van der Waals surface area (Å²) in [5.74, 6) is 0.928. The first-order valence-corrected chi connectivity index (χ1v) is 6.68. The molecule has 2 heterocycles. The third-order valence-electron chi connectivity index (χ3n) is 3.00. The lowest BCUT2D eigenvalue weighted by Crippen LogP contribution is -2.39. The average molecular weight is 214 g/mol. The fourth-order valence-corrected chi connectivity index (χ4v) is 2.41. The fourth-order valence-electron chi connectivity index (χ4n) is 2.41. The first kappa shape index (κ1) is 14.9. The summed E-state index contributed by atoms with van der Waals surface area (Å²) < 4.78 is 0. The summed E-state index contributed by atoms with van der Waals surface area (Å²) in [6, 6.07) is 0.885. The second kappa shape index (κ2) is 8.12. The molecule has 0 radical (unpaired) electrons. The number of hydrogen-bond donors (Lipinski definition) is 0. The topological polar surface area (TPSA) is 6.48 Å². The van der Waals surface area contributed by atoms with Crippen LogP contribution in [0.2, 0.25) is 0 Å². The van der Waals surface area contributed by atoms with Gasteiger partial charge in [-0.3, -0.25) is 9.80 Å². The molecule has 0 spiro atoms. The first-order chi connectivity index (χ1) is 7.25. The monoisotopic (exact) mass is 214 g/mol. The van der Waals surface area contributed by atoms with Crippen molar-refractivity contribution in [1.82, 2.24) is 9.80 Å². The van der Waals surface area contributed by atoms with Crippen LogP contribution in [0.3, 0.4) is 0 Å². The molecule has 2 atom stereocenters. The molecule has 0 aromatic carbocycles. The molecule has 2 aliphatic rings. The Morgan fingerprint density at radius 1 is 0.933 bits per heavy atom. The summed E-state index contributed by atoms with van der Waals surface area (Å²) >= 11 is 0. The molecule has 0 amide bonds. The Morgan fingerprint density at radius 3 is 2.13 bits per heavy atom. The third kappa shape index (κ3) is 4.52. The predicted molar refractivity (Wildman–Crippen MR) is 69.1 cm³/mol. The Hall–Kier alpha value is -0.0800. The molecule has 15 heavy (non-hydrogen) atoms. The van der Waals surface area contributed by atoms with Crippen molar-refractivity contribution in [3.05, 3.63) is 0 Å². The van der Waals surface area contributed by atoms with Crippen molar-refractivity contribution in [2.24, 2.45) is 5.92 Å². The van der Waals surface area contributed by atoms with Gasteiger partial charge in [-0.25, -0.2) is 0 Å². The second-order valence-electron chi connectivity index (χ2n) is 4.29. The molecule has 0 N–H and O–H groups in total. The summed E-state index contributed by atoms with van der Waals surface area (Å²) in [6.45, 7) is 14.2. The minimum atomic E-state index is 0.885. The van der Waals surface area contributed by atoms with Crippen molar-refractivity contribution in [2.45, 2.75) is 53.5 Å². The number of nitrogens with zero attached hydrogens (tertiary/aromatic N) is 2. The number of likely N-dealkylation sites (N-methyl/N-ethyl adjacent to an activating group) is 1. The molecule has 2 rings (SSSR count). The lowest BCUT2D eigenvalue weighted by atomic mass is 9.96. The summed E-state index contributed by atoms with van der Waals surface area (Å²) in [5.41, 5.74) is 0. The molecule has 2 aliphatic heterocycles. The predicted octanol–water partition coefficient (Wildman–Crippen LogP) is 3.04. The molecule has 2 unspecified atom stereocenters. The lowest BCUT2D eigenvalue weighted by Gasteiger charge is -2.32. The van der Waals surface area contributed by atoms with Gasteiger partial charge in [-0.05, 0) is 25.8 Å². The van der Waals surface area contributed by atoms with E-state index < -0.39 is 0 Å². The SMILES string of the molecule is CC.CC.CC1CCC2CN(C)CN2C1. The van der Waals surface area contributed by atoms with E-state index in [1.54, 1.807) is 0 Å². The molecular formula is C13H30N2.